The van der Waals surface area contributed by atoms with Crippen LogP contribution >= 0.6 is 11.6 Å². The lowest BCUT2D eigenvalue weighted by Crippen LogP contribution is -2.13. The largest absolute Gasteiger partial charge is 0.493 e. The molecule has 0 aliphatic carbocycles. The van der Waals surface area contributed by atoms with Gasteiger partial charge in [0, 0.05) is 10.6 Å². The van der Waals surface area contributed by atoms with Gasteiger partial charge in [-0.15, -0.1) is 0 Å². The highest BCUT2D eigenvalue weighted by molar-refractivity contribution is 6.31. The zero-order valence-electron chi connectivity index (χ0n) is 16.2. The van der Waals surface area contributed by atoms with Gasteiger partial charge in [0.05, 0.1) is 37.8 Å². The number of benzene rings is 2. The molecule has 0 spiro atoms. The molecule has 0 fully saturated rings. The molecule has 0 saturated heterocycles. The second-order valence-corrected chi connectivity index (χ2v) is 6.73. The van der Waals surface area contributed by atoms with E-state index in [1.807, 2.05) is 42.8 Å². The summed E-state index contributed by atoms with van der Waals surface area (Å²) >= 11 is 6.26. The molecule has 0 aliphatic rings. The number of aromatic nitrogens is 2. The third-order valence-electron chi connectivity index (χ3n) is 4.54. The lowest BCUT2D eigenvalue weighted by atomic mass is 10.1. The van der Waals surface area contributed by atoms with E-state index in [-0.39, 0.29) is 5.91 Å². The molecule has 0 saturated carbocycles. The number of carbonyl (C=O) groups excluding carboxylic acids is 1. The summed E-state index contributed by atoms with van der Waals surface area (Å²) in [6.07, 6.45) is 0. The minimum absolute atomic E-state index is 0.246. The number of nitrogens with zero attached hydrogens (tertiary/aromatic N) is 2. The Morgan fingerprint density at radius 2 is 1.82 bits per heavy atom. The van der Waals surface area contributed by atoms with Crippen LogP contribution in [0.3, 0.4) is 0 Å². The average Bonchev–Trinajstić information content (AvgIpc) is 2.96. The monoisotopic (exact) mass is 399 g/mol. The van der Waals surface area contributed by atoms with Gasteiger partial charge in [-0.05, 0) is 43.7 Å². The molecule has 0 aliphatic heterocycles. The van der Waals surface area contributed by atoms with Crippen LogP contribution in [0, 0.1) is 13.8 Å². The van der Waals surface area contributed by atoms with Gasteiger partial charge in [-0.1, -0.05) is 29.8 Å². The summed E-state index contributed by atoms with van der Waals surface area (Å²) in [7, 11) is 3.09. The first-order valence-corrected chi connectivity index (χ1v) is 9.13. The topological polar surface area (TPSA) is 65.4 Å². The first kappa shape index (κ1) is 19.8. The Kier molecular flexibility index (Phi) is 5.90. The van der Waals surface area contributed by atoms with E-state index in [1.165, 1.54) is 7.11 Å². The molecule has 0 atom stereocenters. The maximum absolute atomic E-state index is 12.7. The van der Waals surface area contributed by atoms with Crippen molar-refractivity contribution < 1.29 is 14.3 Å². The highest BCUT2D eigenvalue weighted by Crippen LogP contribution is 2.29. The second kappa shape index (κ2) is 8.35. The fraction of sp³-hybridized carbons (Fsp3) is 0.238. The van der Waals surface area contributed by atoms with Crippen LogP contribution in [0.4, 0.5) is 5.69 Å². The number of hydrogen-bond donors (Lipinski definition) is 1. The van der Waals surface area contributed by atoms with E-state index in [1.54, 1.807) is 25.3 Å². The molecule has 1 N–H and O–H groups in total. The second-order valence-electron chi connectivity index (χ2n) is 6.32. The van der Waals surface area contributed by atoms with Crippen LogP contribution < -0.4 is 14.8 Å². The maximum Gasteiger partial charge on any atom is 0.255 e. The maximum atomic E-state index is 12.7. The predicted molar refractivity (Wildman–Crippen MR) is 110 cm³/mol. The van der Waals surface area contributed by atoms with Gasteiger partial charge in [0.2, 0.25) is 0 Å². The van der Waals surface area contributed by atoms with Crippen molar-refractivity contribution in [1.29, 1.82) is 0 Å². The Balaban J connectivity index is 1.84. The lowest BCUT2D eigenvalue weighted by molar-refractivity contribution is 0.102. The number of anilines is 1. The van der Waals surface area contributed by atoms with Crippen molar-refractivity contribution in [2.45, 2.75) is 20.4 Å². The molecule has 3 rings (SSSR count). The van der Waals surface area contributed by atoms with E-state index in [2.05, 4.69) is 10.4 Å². The first-order chi connectivity index (χ1) is 13.4. The van der Waals surface area contributed by atoms with Gasteiger partial charge >= 0.3 is 0 Å². The summed E-state index contributed by atoms with van der Waals surface area (Å²) in [4.78, 5) is 12.7. The molecule has 3 aromatic rings. The van der Waals surface area contributed by atoms with Crippen molar-refractivity contribution in [2.24, 2.45) is 0 Å². The van der Waals surface area contributed by atoms with Crippen LogP contribution in [0.15, 0.2) is 42.5 Å². The number of ether oxygens (including phenoxy) is 2. The Hall–Kier alpha value is -2.99. The van der Waals surface area contributed by atoms with Gasteiger partial charge in [0.1, 0.15) is 0 Å². The van der Waals surface area contributed by atoms with E-state index >= 15 is 0 Å². The molecule has 7 heteroatoms. The summed E-state index contributed by atoms with van der Waals surface area (Å²) in [5.41, 5.74) is 3.71. The molecule has 28 heavy (non-hydrogen) atoms. The minimum atomic E-state index is -0.246. The molecule has 0 unspecified atom stereocenters. The van der Waals surface area contributed by atoms with Crippen LogP contribution in [0.25, 0.3) is 0 Å². The zero-order valence-corrected chi connectivity index (χ0v) is 17.0. The normalized spacial score (nSPS) is 10.6. The van der Waals surface area contributed by atoms with Crippen molar-refractivity contribution in [2.75, 3.05) is 19.5 Å². The van der Waals surface area contributed by atoms with Crippen LogP contribution in [0.1, 0.15) is 27.3 Å². The third-order valence-corrected chi connectivity index (χ3v) is 4.91. The van der Waals surface area contributed by atoms with E-state index in [0.29, 0.717) is 34.3 Å². The molecule has 6 nitrogen and oxygen atoms in total. The van der Waals surface area contributed by atoms with Crippen molar-refractivity contribution in [3.8, 4) is 11.5 Å². The van der Waals surface area contributed by atoms with Crippen molar-refractivity contribution >= 4 is 23.2 Å². The molecule has 1 amide bonds. The van der Waals surface area contributed by atoms with Gasteiger partial charge in [-0.2, -0.15) is 5.10 Å². The van der Waals surface area contributed by atoms with E-state index in [0.717, 1.165) is 17.0 Å². The van der Waals surface area contributed by atoms with Crippen LogP contribution in [0.5, 0.6) is 11.5 Å². The summed E-state index contributed by atoms with van der Waals surface area (Å²) in [5, 5.41) is 8.19. The smallest absolute Gasteiger partial charge is 0.255 e. The van der Waals surface area contributed by atoms with Crippen LogP contribution in [-0.4, -0.2) is 29.9 Å². The first-order valence-electron chi connectivity index (χ1n) is 8.75. The van der Waals surface area contributed by atoms with E-state index < -0.39 is 0 Å². The fourth-order valence-electron chi connectivity index (χ4n) is 2.98. The summed E-state index contributed by atoms with van der Waals surface area (Å²) in [5.74, 6) is 0.821. The summed E-state index contributed by atoms with van der Waals surface area (Å²) < 4.78 is 12.3. The van der Waals surface area contributed by atoms with E-state index in [4.69, 9.17) is 21.1 Å². The average molecular weight is 400 g/mol. The van der Waals surface area contributed by atoms with Gasteiger partial charge in [0.25, 0.3) is 5.91 Å². The van der Waals surface area contributed by atoms with E-state index in [9.17, 15) is 4.79 Å². The van der Waals surface area contributed by atoms with Crippen LogP contribution in [-0.2, 0) is 6.54 Å². The van der Waals surface area contributed by atoms with Crippen LogP contribution in [0.2, 0.25) is 5.02 Å². The molecule has 1 heterocycles. The third kappa shape index (κ3) is 3.97. The van der Waals surface area contributed by atoms with Crippen molar-refractivity contribution in [3.63, 3.8) is 0 Å². The van der Waals surface area contributed by atoms with Gasteiger partial charge in [-0.25, -0.2) is 0 Å². The fourth-order valence-corrected chi connectivity index (χ4v) is 3.18. The zero-order chi connectivity index (χ0) is 20.3. The Bertz CT molecular complexity index is 1010. The standard InChI is InChI=1S/C21H22ClN3O3/c1-13-20(14(2)25(24-13)12-16-7-5-6-8-17(16)22)23-21(26)15-9-10-18(27-3)19(11-15)28-4/h5-11H,12H2,1-4H3,(H,23,26). The molecular formula is C21H22ClN3O3. The minimum Gasteiger partial charge on any atom is -0.493 e. The highest BCUT2D eigenvalue weighted by atomic mass is 35.5. The van der Waals surface area contributed by atoms with Gasteiger partial charge < -0.3 is 14.8 Å². The molecule has 146 valence electrons. The van der Waals surface area contributed by atoms with Crippen molar-refractivity contribution in [3.05, 3.63) is 70.0 Å². The summed E-state index contributed by atoms with van der Waals surface area (Å²) in [6, 6.07) is 12.7. The highest BCUT2D eigenvalue weighted by Gasteiger charge is 2.17. The Labute approximate surface area is 169 Å². The number of nitrogens with one attached hydrogen (secondary N) is 1. The molecule has 1 aromatic heterocycles. The quantitative estimate of drug-likeness (QED) is 0.664. The Morgan fingerprint density at radius 3 is 2.50 bits per heavy atom. The van der Waals surface area contributed by atoms with Gasteiger partial charge in [0.15, 0.2) is 11.5 Å². The Morgan fingerprint density at radius 1 is 1.11 bits per heavy atom. The number of rotatable bonds is 6. The number of carbonyl (C=O) groups is 1. The molecule has 2 aromatic carbocycles. The lowest BCUT2D eigenvalue weighted by Gasteiger charge is -2.11. The summed E-state index contributed by atoms with van der Waals surface area (Å²) in [6.45, 7) is 4.31. The number of hydrogen-bond acceptors (Lipinski definition) is 4. The van der Waals surface area contributed by atoms with Crippen molar-refractivity contribution in [1.82, 2.24) is 9.78 Å². The molecular weight excluding hydrogens is 378 g/mol. The number of aryl methyl sites for hydroxylation is 1. The number of amides is 1. The molecule has 0 bridgehead atoms. The van der Waals surface area contributed by atoms with Gasteiger partial charge in [-0.3, -0.25) is 9.48 Å². The number of halogens is 1. The number of methoxy groups -OCH3 is 2. The predicted octanol–water partition coefficient (Wildman–Crippen LogP) is 4.47. The SMILES string of the molecule is COc1ccc(C(=O)Nc2c(C)nn(Cc3ccccc3Cl)c2C)cc1OC. The molecule has 0 radical (unpaired) electrons.